The maximum absolute atomic E-state index is 11.0. The molecule has 0 amide bonds. The molecule has 2 rings (SSSR count). The lowest BCUT2D eigenvalue weighted by atomic mass is 9.99. The molecule has 2 saturated carbocycles. The van der Waals surface area contributed by atoms with Crippen LogP contribution in [0.3, 0.4) is 0 Å². The van der Waals surface area contributed by atoms with Gasteiger partial charge >= 0.3 is 0 Å². The van der Waals surface area contributed by atoms with Crippen LogP contribution in [0.25, 0.3) is 0 Å². The Bertz CT molecular complexity index is 151. The fraction of sp³-hybridized carbons (Fsp3) is 0.857. The van der Waals surface area contributed by atoms with Crippen molar-refractivity contribution in [2.24, 2.45) is 11.8 Å². The van der Waals surface area contributed by atoms with Crippen LogP contribution < -0.4 is 0 Å². The molecular formula is C7H9ClO. The molecule has 0 aromatic carbocycles. The average molecular weight is 145 g/mol. The predicted octanol–water partition coefficient (Wildman–Crippen LogP) is 1.59. The highest BCUT2D eigenvalue weighted by atomic mass is 35.5. The standard InChI is InChI=1S/C7H9ClO/c8-6-4-1-2-5(3-4)7(6)9/h4-6H,1-3H2/t4-,5-,6?/m1/s1. The monoisotopic (exact) mass is 144 g/mol. The predicted molar refractivity (Wildman–Crippen MR) is 35.5 cm³/mol. The Morgan fingerprint density at radius 1 is 1.44 bits per heavy atom. The number of carbonyl (C=O) groups excluding carboxylic acids is 1. The normalized spacial score (nSPS) is 48.6. The van der Waals surface area contributed by atoms with Crippen LogP contribution in [-0.4, -0.2) is 11.2 Å². The Balaban J connectivity index is 2.25. The van der Waals surface area contributed by atoms with Gasteiger partial charge in [0.05, 0.1) is 5.38 Å². The first-order valence-electron chi connectivity index (χ1n) is 3.47. The van der Waals surface area contributed by atoms with E-state index in [-0.39, 0.29) is 5.38 Å². The average Bonchev–Trinajstić information content (AvgIpc) is 2.37. The van der Waals surface area contributed by atoms with E-state index in [1.807, 2.05) is 0 Å². The molecule has 2 fully saturated rings. The molecule has 0 aliphatic heterocycles. The maximum Gasteiger partial charge on any atom is 0.154 e. The number of hydrogen-bond donors (Lipinski definition) is 0. The van der Waals surface area contributed by atoms with Gasteiger partial charge in [0, 0.05) is 5.92 Å². The summed E-state index contributed by atoms with van der Waals surface area (Å²) in [5, 5.41) is -0.122. The lowest BCUT2D eigenvalue weighted by Crippen LogP contribution is -2.21. The Hall–Kier alpha value is -0.0400. The molecule has 0 aromatic heterocycles. The van der Waals surface area contributed by atoms with E-state index in [2.05, 4.69) is 0 Å². The molecule has 0 N–H and O–H groups in total. The van der Waals surface area contributed by atoms with Crippen molar-refractivity contribution in [1.29, 1.82) is 0 Å². The summed E-state index contributed by atoms with van der Waals surface area (Å²) in [5.74, 6) is 1.19. The molecule has 9 heavy (non-hydrogen) atoms. The second-order valence-corrected chi connectivity index (χ2v) is 3.54. The minimum atomic E-state index is -0.122. The fourth-order valence-corrected chi connectivity index (χ4v) is 2.41. The second-order valence-electron chi connectivity index (χ2n) is 3.07. The number of hydrogen-bond acceptors (Lipinski definition) is 1. The van der Waals surface area contributed by atoms with Crippen LogP contribution in [0.1, 0.15) is 19.3 Å². The number of fused-ring (bicyclic) bond motifs is 2. The second kappa shape index (κ2) is 1.72. The van der Waals surface area contributed by atoms with Gasteiger partial charge in [-0.2, -0.15) is 0 Å². The first kappa shape index (κ1) is 5.72. The lowest BCUT2D eigenvalue weighted by molar-refractivity contribution is -0.121. The number of halogens is 1. The summed E-state index contributed by atoms with van der Waals surface area (Å²) in [4.78, 5) is 11.0. The zero-order chi connectivity index (χ0) is 6.43. The Kier molecular flexibility index (Phi) is 1.10. The highest BCUT2D eigenvalue weighted by Gasteiger charge is 2.45. The molecular weight excluding hydrogens is 136 g/mol. The van der Waals surface area contributed by atoms with E-state index in [1.165, 1.54) is 6.42 Å². The minimum absolute atomic E-state index is 0.122. The molecule has 2 aliphatic carbocycles. The SMILES string of the molecule is O=C1C(Cl)[C@@H]2CC[C@@H]1C2. The first-order chi connectivity index (χ1) is 4.29. The van der Waals surface area contributed by atoms with E-state index in [0.717, 1.165) is 12.8 Å². The number of Topliss-reactive ketones (excluding diaryl/α,β-unsaturated/α-hetero) is 1. The molecule has 2 aliphatic rings. The molecule has 2 heteroatoms. The van der Waals surface area contributed by atoms with Gasteiger partial charge in [-0.25, -0.2) is 0 Å². The summed E-state index contributed by atoms with van der Waals surface area (Å²) in [7, 11) is 0. The number of rotatable bonds is 0. The summed E-state index contributed by atoms with van der Waals surface area (Å²) in [6.45, 7) is 0. The van der Waals surface area contributed by atoms with Gasteiger partial charge in [0.15, 0.2) is 5.78 Å². The third kappa shape index (κ3) is 0.644. The molecule has 3 atom stereocenters. The molecule has 0 radical (unpaired) electrons. The Labute approximate surface area is 59.4 Å². The minimum Gasteiger partial charge on any atom is -0.298 e. The highest BCUT2D eigenvalue weighted by Crippen LogP contribution is 2.44. The fourth-order valence-electron chi connectivity index (χ4n) is 2.00. The molecule has 0 aromatic rings. The summed E-state index contributed by atoms with van der Waals surface area (Å²) in [6, 6.07) is 0. The van der Waals surface area contributed by atoms with Gasteiger partial charge in [0.2, 0.25) is 0 Å². The number of alkyl halides is 1. The number of ketones is 1. The van der Waals surface area contributed by atoms with E-state index in [9.17, 15) is 4.79 Å². The van der Waals surface area contributed by atoms with E-state index < -0.39 is 0 Å². The highest BCUT2D eigenvalue weighted by molar-refractivity contribution is 6.32. The van der Waals surface area contributed by atoms with E-state index in [1.54, 1.807) is 0 Å². The van der Waals surface area contributed by atoms with E-state index in [0.29, 0.717) is 17.6 Å². The molecule has 2 bridgehead atoms. The van der Waals surface area contributed by atoms with Gasteiger partial charge in [0.1, 0.15) is 0 Å². The summed E-state index contributed by atoms with van der Waals surface area (Å²) >= 11 is 5.81. The largest absolute Gasteiger partial charge is 0.298 e. The van der Waals surface area contributed by atoms with Gasteiger partial charge in [-0.05, 0) is 25.2 Å². The van der Waals surface area contributed by atoms with Crippen molar-refractivity contribution >= 4 is 17.4 Å². The zero-order valence-electron chi connectivity index (χ0n) is 5.14. The zero-order valence-corrected chi connectivity index (χ0v) is 5.90. The third-order valence-electron chi connectivity index (χ3n) is 2.56. The van der Waals surface area contributed by atoms with Crippen LogP contribution in [0.5, 0.6) is 0 Å². The first-order valence-corrected chi connectivity index (χ1v) is 3.90. The van der Waals surface area contributed by atoms with Crippen molar-refractivity contribution in [3.05, 3.63) is 0 Å². The molecule has 1 unspecified atom stereocenters. The van der Waals surface area contributed by atoms with Gasteiger partial charge in [0.25, 0.3) is 0 Å². The van der Waals surface area contributed by atoms with Crippen molar-refractivity contribution in [2.75, 3.05) is 0 Å². The van der Waals surface area contributed by atoms with Crippen LogP contribution in [0.4, 0.5) is 0 Å². The van der Waals surface area contributed by atoms with Crippen molar-refractivity contribution in [3.63, 3.8) is 0 Å². The van der Waals surface area contributed by atoms with Crippen molar-refractivity contribution in [1.82, 2.24) is 0 Å². The summed E-state index contributed by atoms with van der Waals surface area (Å²) in [6.07, 6.45) is 3.37. The lowest BCUT2D eigenvalue weighted by Gasteiger charge is -2.12. The molecule has 0 saturated heterocycles. The van der Waals surface area contributed by atoms with Gasteiger partial charge in [-0.1, -0.05) is 0 Å². The van der Waals surface area contributed by atoms with E-state index >= 15 is 0 Å². The van der Waals surface area contributed by atoms with Crippen LogP contribution >= 0.6 is 11.6 Å². The van der Waals surface area contributed by atoms with Crippen molar-refractivity contribution in [3.8, 4) is 0 Å². The Morgan fingerprint density at radius 3 is 2.56 bits per heavy atom. The molecule has 1 nitrogen and oxygen atoms in total. The topological polar surface area (TPSA) is 17.1 Å². The molecule has 50 valence electrons. The third-order valence-corrected chi connectivity index (χ3v) is 3.13. The smallest absolute Gasteiger partial charge is 0.154 e. The van der Waals surface area contributed by atoms with Gasteiger partial charge < -0.3 is 0 Å². The van der Waals surface area contributed by atoms with Crippen LogP contribution in [-0.2, 0) is 4.79 Å². The summed E-state index contributed by atoms with van der Waals surface area (Å²) in [5.41, 5.74) is 0. The van der Waals surface area contributed by atoms with Gasteiger partial charge in [-0.3, -0.25) is 4.79 Å². The van der Waals surface area contributed by atoms with Crippen LogP contribution in [0, 0.1) is 11.8 Å². The molecule has 0 heterocycles. The van der Waals surface area contributed by atoms with E-state index in [4.69, 9.17) is 11.6 Å². The molecule has 0 spiro atoms. The number of carbonyl (C=O) groups is 1. The van der Waals surface area contributed by atoms with Crippen molar-refractivity contribution < 1.29 is 4.79 Å². The Morgan fingerprint density at radius 2 is 2.22 bits per heavy atom. The summed E-state index contributed by atoms with van der Waals surface area (Å²) < 4.78 is 0. The van der Waals surface area contributed by atoms with Crippen LogP contribution in [0.15, 0.2) is 0 Å². The van der Waals surface area contributed by atoms with Crippen molar-refractivity contribution in [2.45, 2.75) is 24.6 Å². The quantitative estimate of drug-likeness (QED) is 0.472. The van der Waals surface area contributed by atoms with Gasteiger partial charge in [-0.15, -0.1) is 11.6 Å². The van der Waals surface area contributed by atoms with Crippen LogP contribution in [0.2, 0.25) is 0 Å². The maximum atomic E-state index is 11.0.